The van der Waals surface area contributed by atoms with Crippen LogP contribution in [-0.2, 0) is 9.53 Å². The Morgan fingerprint density at radius 2 is 1.92 bits per heavy atom. The Bertz CT molecular complexity index is 517. The van der Waals surface area contributed by atoms with Crippen molar-refractivity contribution in [3.05, 3.63) is 35.9 Å². The second kappa shape index (κ2) is 11.3. The molecule has 5 nitrogen and oxygen atoms in total. The fraction of sp³-hybridized carbons (Fsp3) is 0.667. The van der Waals surface area contributed by atoms with Crippen LogP contribution in [0.15, 0.2) is 30.3 Å². The Hall–Kier alpha value is -1.43. The quantitative estimate of drug-likeness (QED) is 0.628. The summed E-state index contributed by atoms with van der Waals surface area (Å²) in [6.45, 7) is 7.85. The average Bonchev–Trinajstić information content (AvgIpc) is 2.68. The molecular weight excluding hydrogens is 328 g/mol. The lowest BCUT2D eigenvalue weighted by Gasteiger charge is -2.33. The summed E-state index contributed by atoms with van der Waals surface area (Å²) in [5.74, 6) is 0.00561. The van der Waals surface area contributed by atoms with Crippen LogP contribution in [0, 0.1) is 5.92 Å². The van der Waals surface area contributed by atoms with E-state index in [2.05, 4.69) is 17.1 Å². The predicted molar refractivity (Wildman–Crippen MR) is 104 cm³/mol. The largest absolute Gasteiger partial charge is 0.386 e. The van der Waals surface area contributed by atoms with Crippen LogP contribution in [0.25, 0.3) is 0 Å². The molecule has 1 aliphatic rings. The Balaban J connectivity index is 2.00. The molecule has 0 radical (unpaired) electrons. The van der Waals surface area contributed by atoms with Crippen LogP contribution in [-0.4, -0.2) is 54.8 Å². The first-order valence-electron chi connectivity index (χ1n) is 9.95. The molecule has 2 rings (SSSR count). The van der Waals surface area contributed by atoms with E-state index < -0.39 is 6.10 Å². The number of rotatable bonds is 10. The Morgan fingerprint density at radius 1 is 1.23 bits per heavy atom. The van der Waals surface area contributed by atoms with Crippen molar-refractivity contribution in [2.45, 2.75) is 51.7 Å². The van der Waals surface area contributed by atoms with Gasteiger partial charge in [-0.3, -0.25) is 9.69 Å². The van der Waals surface area contributed by atoms with Crippen molar-refractivity contribution in [2.24, 2.45) is 5.92 Å². The Kier molecular flexibility index (Phi) is 9.09. The number of benzene rings is 1. The van der Waals surface area contributed by atoms with Crippen molar-refractivity contribution >= 4 is 5.91 Å². The first-order chi connectivity index (χ1) is 12.6. The molecule has 1 aromatic carbocycles. The van der Waals surface area contributed by atoms with E-state index in [9.17, 15) is 9.90 Å². The normalized spacial score (nSPS) is 18.9. The molecule has 1 fully saturated rings. The maximum Gasteiger partial charge on any atom is 0.223 e. The van der Waals surface area contributed by atoms with Gasteiger partial charge in [-0.1, -0.05) is 63.4 Å². The van der Waals surface area contributed by atoms with E-state index in [1.807, 2.05) is 37.3 Å². The summed E-state index contributed by atoms with van der Waals surface area (Å²) in [5.41, 5.74) is 0.838. The summed E-state index contributed by atoms with van der Waals surface area (Å²) in [4.78, 5) is 14.9. The van der Waals surface area contributed by atoms with Crippen molar-refractivity contribution in [1.29, 1.82) is 0 Å². The van der Waals surface area contributed by atoms with E-state index in [1.54, 1.807) is 0 Å². The van der Waals surface area contributed by atoms with Crippen molar-refractivity contribution < 1.29 is 14.6 Å². The van der Waals surface area contributed by atoms with Crippen molar-refractivity contribution in [3.63, 3.8) is 0 Å². The van der Waals surface area contributed by atoms with Crippen molar-refractivity contribution in [2.75, 3.05) is 32.8 Å². The molecule has 146 valence electrons. The molecule has 3 atom stereocenters. The summed E-state index contributed by atoms with van der Waals surface area (Å²) in [5, 5.41) is 14.0. The zero-order valence-corrected chi connectivity index (χ0v) is 16.2. The number of aliphatic hydroxyl groups is 1. The lowest BCUT2D eigenvalue weighted by molar-refractivity contribution is -0.126. The number of unbranched alkanes of at least 4 members (excludes halogenated alkanes) is 2. The van der Waals surface area contributed by atoms with Gasteiger partial charge in [0.25, 0.3) is 0 Å². The van der Waals surface area contributed by atoms with Gasteiger partial charge in [0.05, 0.1) is 19.3 Å². The number of nitrogens with one attached hydrogen (secondary N) is 1. The number of carbonyl (C=O) groups is 1. The third kappa shape index (κ3) is 6.71. The second-order valence-electron chi connectivity index (χ2n) is 7.28. The van der Waals surface area contributed by atoms with Gasteiger partial charge in [0, 0.05) is 25.6 Å². The molecular formula is C21H34N2O3. The number of amides is 1. The molecule has 2 N–H and O–H groups in total. The van der Waals surface area contributed by atoms with Gasteiger partial charge in [-0.15, -0.1) is 0 Å². The standard InChI is InChI=1S/C21H34N2O3/c1-3-4-6-9-17(2)21(25)22-19(16-23-12-14-26-15-13-23)20(24)18-10-7-5-8-11-18/h5,7-8,10-11,17,19-20,24H,3-4,6,9,12-16H2,1-2H3,(H,22,25)/t17?,19-,20-/m0/s1. The first kappa shape index (κ1) is 20.9. The highest BCUT2D eigenvalue weighted by Gasteiger charge is 2.27. The van der Waals surface area contributed by atoms with E-state index in [0.717, 1.165) is 44.3 Å². The summed E-state index contributed by atoms with van der Waals surface area (Å²) < 4.78 is 5.41. The molecule has 0 bridgehead atoms. The maximum atomic E-state index is 12.7. The summed E-state index contributed by atoms with van der Waals surface area (Å²) in [7, 11) is 0. The monoisotopic (exact) mass is 362 g/mol. The minimum absolute atomic E-state index is 0.0308. The fourth-order valence-corrected chi connectivity index (χ4v) is 3.33. The van der Waals surface area contributed by atoms with Gasteiger partial charge in [-0.05, 0) is 12.0 Å². The molecule has 0 aromatic heterocycles. The number of ether oxygens (including phenoxy) is 1. The lowest BCUT2D eigenvalue weighted by Crippen LogP contribution is -2.50. The van der Waals surface area contributed by atoms with E-state index in [4.69, 9.17) is 4.74 Å². The number of carbonyl (C=O) groups excluding carboxylic acids is 1. The molecule has 0 saturated carbocycles. The van der Waals surface area contributed by atoms with Crippen LogP contribution in [0.5, 0.6) is 0 Å². The smallest absolute Gasteiger partial charge is 0.223 e. The van der Waals surface area contributed by atoms with Gasteiger partial charge in [-0.25, -0.2) is 0 Å². The molecule has 1 unspecified atom stereocenters. The van der Waals surface area contributed by atoms with Crippen LogP contribution in [0.2, 0.25) is 0 Å². The molecule has 0 aliphatic carbocycles. The first-order valence-corrected chi connectivity index (χ1v) is 9.95. The van der Waals surface area contributed by atoms with Crippen molar-refractivity contribution in [3.8, 4) is 0 Å². The van der Waals surface area contributed by atoms with Gasteiger partial charge in [0.2, 0.25) is 5.91 Å². The summed E-state index contributed by atoms with van der Waals surface area (Å²) in [6.07, 6.45) is 3.56. The third-order valence-corrected chi connectivity index (χ3v) is 5.10. The topological polar surface area (TPSA) is 61.8 Å². The van der Waals surface area contributed by atoms with Crippen LogP contribution in [0.1, 0.15) is 51.2 Å². The van der Waals surface area contributed by atoms with Gasteiger partial charge in [0.1, 0.15) is 6.10 Å². The summed E-state index contributed by atoms with van der Waals surface area (Å²) in [6, 6.07) is 9.26. The minimum Gasteiger partial charge on any atom is -0.386 e. The summed E-state index contributed by atoms with van der Waals surface area (Å²) >= 11 is 0. The van der Waals surface area contributed by atoms with Crippen LogP contribution in [0.4, 0.5) is 0 Å². The molecule has 5 heteroatoms. The maximum absolute atomic E-state index is 12.7. The number of morpholine rings is 1. The van der Waals surface area contributed by atoms with E-state index in [-0.39, 0.29) is 17.9 Å². The van der Waals surface area contributed by atoms with Gasteiger partial charge in [0.15, 0.2) is 0 Å². The molecule has 1 heterocycles. The van der Waals surface area contributed by atoms with Crippen molar-refractivity contribution in [1.82, 2.24) is 10.2 Å². The van der Waals surface area contributed by atoms with Gasteiger partial charge >= 0.3 is 0 Å². The highest BCUT2D eigenvalue weighted by atomic mass is 16.5. The van der Waals surface area contributed by atoms with Crippen LogP contribution >= 0.6 is 0 Å². The third-order valence-electron chi connectivity index (χ3n) is 5.10. The van der Waals surface area contributed by atoms with E-state index >= 15 is 0 Å². The number of aliphatic hydroxyl groups excluding tert-OH is 1. The SMILES string of the molecule is CCCCCC(C)C(=O)N[C@@H](CN1CCOCC1)[C@@H](O)c1ccccc1. The molecule has 1 amide bonds. The van der Waals surface area contributed by atoms with Gasteiger partial charge in [-0.2, -0.15) is 0 Å². The average molecular weight is 363 g/mol. The molecule has 26 heavy (non-hydrogen) atoms. The number of hydrogen-bond acceptors (Lipinski definition) is 4. The van der Waals surface area contributed by atoms with Crippen LogP contribution in [0.3, 0.4) is 0 Å². The molecule has 1 aromatic rings. The number of nitrogens with zero attached hydrogens (tertiary/aromatic N) is 1. The van der Waals surface area contributed by atoms with Crippen LogP contribution < -0.4 is 5.32 Å². The second-order valence-corrected chi connectivity index (χ2v) is 7.28. The zero-order valence-electron chi connectivity index (χ0n) is 16.2. The Labute approximate surface area is 157 Å². The molecule has 1 aliphatic heterocycles. The predicted octanol–water partition coefficient (Wildman–Crippen LogP) is 2.75. The highest BCUT2D eigenvalue weighted by Crippen LogP contribution is 2.19. The fourth-order valence-electron chi connectivity index (χ4n) is 3.33. The lowest BCUT2D eigenvalue weighted by atomic mass is 9.98. The molecule has 1 saturated heterocycles. The van der Waals surface area contributed by atoms with E-state index in [0.29, 0.717) is 19.8 Å². The van der Waals surface area contributed by atoms with E-state index in [1.165, 1.54) is 0 Å². The highest BCUT2D eigenvalue weighted by molar-refractivity contribution is 5.78. The number of hydrogen-bond donors (Lipinski definition) is 2. The Morgan fingerprint density at radius 3 is 2.58 bits per heavy atom. The minimum atomic E-state index is -0.717. The zero-order chi connectivity index (χ0) is 18.8. The van der Waals surface area contributed by atoms with Gasteiger partial charge < -0.3 is 15.2 Å². The molecule has 0 spiro atoms.